The molecule has 5 nitrogen and oxygen atoms in total. The molecule has 0 aliphatic rings. The van der Waals surface area contributed by atoms with Crippen LogP contribution in [0.15, 0.2) is 40.9 Å². The van der Waals surface area contributed by atoms with E-state index in [9.17, 15) is 14.5 Å². The molecule has 0 saturated carbocycles. The van der Waals surface area contributed by atoms with Gasteiger partial charge >= 0.3 is 5.69 Å². The van der Waals surface area contributed by atoms with E-state index in [-0.39, 0.29) is 22.0 Å². The van der Waals surface area contributed by atoms with Crippen LogP contribution in [0.25, 0.3) is 0 Å². The Balaban J connectivity index is 2.34. The number of nitrogens with zero attached hydrogens (tertiary/aromatic N) is 1. The van der Waals surface area contributed by atoms with Crippen LogP contribution in [-0.4, -0.2) is 4.92 Å². The number of hydrogen-bond donors (Lipinski definition) is 1. The number of rotatable bonds is 4. The van der Waals surface area contributed by atoms with E-state index in [4.69, 9.17) is 10.5 Å². The highest BCUT2D eigenvalue weighted by Gasteiger charge is 2.19. The third kappa shape index (κ3) is 3.56. The third-order valence-corrected chi connectivity index (χ3v) is 3.44. The summed E-state index contributed by atoms with van der Waals surface area (Å²) in [6.07, 6.45) is 0. The average Bonchev–Trinajstić information content (AvgIpc) is 2.43. The van der Waals surface area contributed by atoms with Crippen LogP contribution in [-0.2, 0) is 0 Å². The molecule has 0 aliphatic heterocycles. The van der Waals surface area contributed by atoms with Gasteiger partial charge in [-0.05, 0) is 40.5 Å². The maximum atomic E-state index is 13.5. The fraction of sp³-hybridized carbons (Fsp3) is 0.143. The van der Waals surface area contributed by atoms with Crippen LogP contribution in [0.2, 0.25) is 0 Å². The van der Waals surface area contributed by atoms with Gasteiger partial charge in [0.2, 0.25) is 5.75 Å². The SMILES string of the molecule is C[C@@H](N)c1ccc(Oc2cc(F)c(Br)cc2[N+](=O)[O-])cc1. The fourth-order valence-corrected chi connectivity index (χ4v) is 2.04. The summed E-state index contributed by atoms with van der Waals surface area (Å²) in [4.78, 5) is 10.4. The molecule has 0 heterocycles. The number of nitro benzene ring substituents is 1. The van der Waals surface area contributed by atoms with E-state index in [1.165, 1.54) is 0 Å². The van der Waals surface area contributed by atoms with Gasteiger partial charge in [0.15, 0.2) is 0 Å². The highest BCUT2D eigenvalue weighted by molar-refractivity contribution is 9.10. The average molecular weight is 355 g/mol. The molecule has 0 saturated heterocycles. The fourth-order valence-electron chi connectivity index (χ4n) is 1.71. The molecule has 0 unspecified atom stereocenters. The standard InChI is InChI=1S/C14H12BrFN2O3/c1-8(17)9-2-4-10(5-3-9)21-14-7-12(16)11(15)6-13(14)18(19)20/h2-8H,17H2,1H3/t8-/m1/s1. The number of nitro groups is 1. The second-order valence-corrected chi connectivity index (χ2v) is 5.31. The number of ether oxygens (including phenoxy) is 1. The predicted molar refractivity (Wildman–Crippen MR) is 79.9 cm³/mol. The summed E-state index contributed by atoms with van der Waals surface area (Å²) in [7, 11) is 0. The van der Waals surface area contributed by atoms with Crippen LogP contribution < -0.4 is 10.5 Å². The molecule has 2 rings (SSSR count). The van der Waals surface area contributed by atoms with Crippen molar-refractivity contribution in [2.45, 2.75) is 13.0 Å². The first kappa shape index (κ1) is 15.4. The number of benzene rings is 2. The maximum Gasteiger partial charge on any atom is 0.312 e. The van der Waals surface area contributed by atoms with E-state index in [2.05, 4.69) is 15.9 Å². The molecule has 0 fully saturated rings. The molecule has 2 N–H and O–H groups in total. The summed E-state index contributed by atoms with van der Waals surface area (Å²) in [6.45, 7) is 1.84. The summed E-state index contributed by atoms with van der Waals surface area (Å²) >= 11 is 2.91. The second kappa shape index (κ2) is 6.19. The maximum absolute atomic E-state index is 13.5. The molecule has 1 atom stereocenters. The molecule has 21 heavy (non-hydrogen) atoms. The van der Waals surface area contributed by atoms with E-state index in [0.29, 0.717) is 5.75 Å². The van der Waals surface area contributed by atoms with Crippen molar-refractivity contribution >= 4 is 21.6 Å². The van der Waals surface area contributed by atoms with Crippen molar-refractivity contribution in [3.8, 4) is 11.5 Å². The topological polar surface area (TPSA) is 78.4 Å². The quantitative estimate of drug-likeness (QED) is 0.655. The molecule has 0 bridgehead atoms. The molecular formula is C14H12BrFN2O3. The van der Waals surface area contributed by atoms with Crippen LogP contribution in [0, 0.1) is 15.9 Å². The zero-order valence-electron chi connectivity index (χ0n) is 11.0. The molecule has 110 valence electrons. The van der Waals surface area contributed by atoms with Crippen molar-refractivity contribution in [2.24, 2.45) is 5.73 Å². The number of hydrogen-bond acceptors (Lipinski definition) is 4. The molecule has 2 aromatic carbocycles. The summed E-state index contributed by atoms with van der Waals surface area (Å²) in [5, 5.41) is 11.0. The molecule has 7 heteroatoms. The highest BCUT2D eigenvalue weighted by Crippen LogP contribution is 2.35. The Morgan fingerprint density at radius 1 is 1.33 bits per heavy atom. The minimum Gasteiger partial charge on any atom is -0.450 e. The van der Waals surface area contributed by atoms with E-state index in [1.54, 1.807) is 24.3 Å². The molecule has 0 spiro atoms. The largest absolute Gasteiger partial charge is 0.450 e. The van der Waals surface area contributed by atoms with Crippen molar-refractivity contribution in [3.05, 3.63) is 62.4 Å². The molecule has 2 aromatic rings. The lowest BCUT2D eigenvalue weighted by atomic mass is 10.1. The summed E-state index contributed by atoms with van der Waals surface area (Å²) in [6, 6.07) is 8.67. The molecular weight excluding hydrogens is 343 g/mol. The first-order chi connectivity index (χ1) is 9.88. The first-order valence-corrected chi connectivity index (χ1v) is 6.84. The van der Waals surface area contributed by atoms with Gasteiger partial charge in [-0.25, -0.2) is 4.39 Å². The van der Waals surface area contributed by atoms with E-state index >= 15 is 0 Å². The lowest BCUT2D eigenvalue weighted by Gasteiger charge is -2.09. The summed E-state index contributed by atoms with van der Waals surface area (Å²) in [5.74, 6) is -0.429. The van der Waals surface area contributed by atoms with Gasteiger partial charge in [0, 0.05) is 18.2 Å². The molecule has 0 amide bonds. The Morgan fingerprint density at radius 3 is 2.48 bits per heavy atom. The van der Waals surface area contributed by atoms with Crippen LogP contribution in [0.3, 0.4) is 0 Å². The third-order valence-electron chi connectivity index (χ3n) is 2.83. The van der Waals surface area contributed by atoms with Crippen LogP contribution in [0.4, 0.5) is 10.1 Å². The minimum atomic E-state index is -0.636. The zero-order chi connectivity index (χ0) is 15.6. The Morgan fingerprint density at radius 2 is 1.95 bits per heavy atom. The number of nitrogens with two attached hydrogens (primary N) is 1. The second-order valence-electron chi connectivity index (χ2n) is 4.45. The van der Waals surface area contributed by atoms with Gasteiger partial charge in [0.1, 0.15) is 11.6 Å². The highest BCUT2D eigenvalue weighted by atomic mass is 79.9. The van der Waals surface area contributed by atoms with Crippen molar-refractivity contribution in [1.82, 2.24) is 0 Å². The van der Waals surface area contributed by atoms with Gasteiger partial charge in [0.05, 0.1) is 9.40 Å². The van der Waals surface area contributed by atoms with Crippen molar-refractivity contribution < 1.29 is 14.1 Å². The Bertz CT molecular complexity index is 675. The Labute approximate surface area is 128 Å². The first-order valence-electron chi connectivity index (χ1n) is 6.05. The minimum absolute atomic E-state index is 0.00820. The van der Waals surface area contributed by atoms with E-state index in [1.807, 2.05) is 6.92 Å². The van der Waals surface area contributed by atoms with Crippen LogP contribution >= 0.6 is 15.9 Å². The van der Waals surface area contributed by atoms with Gasteiger partial charge in [-0.3, -0.25) is 10.1 Å². The summed E-state index contributed by atoms with van der Waals surface area (Å²) < 4.78 is 18.9. The Kier molecular flexibility index (Phi) is 4.54. The monoisotopic (exact) mass is 354 g/mol. The smallest absolute Gasteiger partial charge is 0.312 e. The lowest BCUT2D eigenvalue weighted by molar-refractivity contribution is -0.385. The normalized spacial score (nSPS) is 12.0. The van der Waals surface area contributed by atoms with Crippen LogP contribution in [0.1, 0.15) is 18.5 Å². The van der Waals surface area contributed by atoms with Gasteiger partial charge in [-0.2, -0.15) is 0 Å². The summed E-state index contributed by atoms with van der Waals surface area (Å²) in [5.41, 5.74) is 6.31. The van der Waals surface area contributed by atoms with E-state index in [0.717, 1.165) is 17.7 Å². The van der Waals surface area contributed by atoms with Gasteiger partial charge < -0.3 is 10.5 Å². The zero-order valence-corrected chi connectivity index (χ0v) is 12.6. The Hall–Kier alpha value is -1.99. The number of halogens is 2. The van der Waals surface area contributed by atoms with Crippen molar-refractivity contribution in [1.29, 1.82) is 0 Å². The van der Waals surface area contributed by atoms with Gasteiger partial charge in [0.25, 0.3) is 0 Å². The predicted octanol–water partition coefficient (Wildman–Crippen LogP) is 4.31. The van der Waals surface area contributed by atoms with Crippen molar-refractivity contribution in [3.63, 3.8) is 0 Å². The van der Waals surface area contributed by atoms with Crippen molar-refractivity contribution in [2.75, 3.05) is 0 Å². The van der Waals surface area contributed by atoms with Gasteiger partial charge in [-0.1, -0.05) is 12.1 Å². The molecule has 0 aromatic heterocycles. The molecule has 0 aliphatic carbocycles. The molecule has 0 radical (unpaired) electrons. The van der Waals surface area contributed by atoms with E-state index < -0.39 is 10.7 Å². The lowest BCUT2D eigenvalue weighted by Crippen LogP contribution is -2.04. The van der Waals surface area contributed by atoms with Gasteiger partial charge in [-0.15, -0.1) is 0 Å². The van der Waals surface area contributed by atoms with Crippen LogP contribution in [0.5, 0.6) is 11.5 Å².